The third-order valence-electron chi connectivity index (χ3n) is 5.44. The highest BCUT2D eigenvalue weighted by Gasteiger charge is 2.33. The van der Waals surface area contributed by atoms with E-state index in [2.05, 4.69) is 39.3 Å². The molecule has 0 atom stereocenters. The Morgan fingerprint density at radius 1 is 1.09 bits per heavy atom. The fourth-order valence-electron chi connectivity index (χ4n) is 3.75. The minimum Gasteiger partial charge on any atom is -0.372 e. The predicted molar refractivity (Wildman–Crippen MR) is 139 cm³/mol. The lowest BCUT2D eigenvalue weighted by Crippen LogP contribution is -2.21. The van der Waals surface area contributed by atoms with Crippen molar-refractivity contribution in [1.29, 1.82) is 0 Å². The Bertz CT molecular complexity index is 1350. The Morgan fingerprint density at radius 3 is 2.34 bits per heavy atom. The molecule has 1 aliphatic rings. The van der Waals surface area contributed by atoms with Crippen LogP contribution in [0.3, 0.4) is 0 Å². The van der Waals surface area contributed by atoms with E-state index in [1.165, 1.54) is 13.0 Å². The molecular formula is C25H22ClN5O3S. The van der Waals surface area contributed by atoms with E-state index >= 15 is 0 Å². The van der Waals surface area contributed by atoms with Gasteiger partial charge in [-0.1, -0.05) is 47.2 Å². The van der Waals surface area contributed by atoms with Gasteiger partial charge in [-0.3, -0.25) is 14.4 Å². The Hall–Kier alpha value is -3.69. The van der Waals surface area contributed by atoms with Crippen LogP contribution in [0.4, 0.5) is 22.2 Å². The minimum atomic E-state index is -0.341. The zero-order chi connectivity index (χ0) is 25.1. The van der Waals surface area contributed by atoms with E-state index in [0.29, 0.717) is 27.4 Å². The molecule has 0 saturated carbocycles. The SMILES string of the molecule is CCN(CC)c1ccc(N=Nc2nc(Cl)c(C=C3C(=O)c4ccccc4C3=O)s2)c(NC(C)=O)c1. The number of ketones is 2. The molecule has 1 amide bonds. The van der Waals surface area contributed by atoms with Crippen LogP contribution < -0.4 is 10.2 Å². The fraction of sp³-hybridized carbons (Fsp3) is 0.200. The monoisotopic (exact) mass is 507 g/mol. The van der Waals surface area contributed by atoms with Gasteiger partial charge in [0.15, 0.2) is 11.6 Å². The number of nitrogens with zero attached hydrogens (tertiary/aromatic N) is 4. The van der Waals surface area contributed by atoms with Gasteiger partial charge in [-0.15, -0.1) is 10.2 Å². The number of fused-ring (bicyclic) bond motifs is 1. The molecule has 0 spiro atoms. The summed E-state index contributed by atoms with van der Waals surface area (Å²) in [5.41, 5.74) is 2.73. The van der Waals surface area contributed by atoms with Crippen LogP contribution in [-0.4, -0.2) is 35.5 Å². The lowest BCUT2D eigenvalue weighted by molar-refractivity contribution is -0.114. The van der Waals surface area contributed by atoms with Crippen LogP contribution in [-0.2, 0) is 4.79 Å². The smallest absolute Gasteiger partial charge is 0.231 e. The highest BCUT2D eigenvalue weighted by molar-refractivity contribution is 7.16. The number of anilines is 2. The molecule has 0 unspecified atom stereocenters. The minimum absolute atomic E-state index is 0.0418. The summed E-state index contributed by atoms with van der Waals surface area (Å²) in [6, 6.07) is 12.2. The Morgan fingerprint density at radius 2 is 1.74 bits per heavy atom. The summed E-state index contributed by atoms with van der Waals surface area (Å²) < 4.78 is 0. The van der Waals surface area contributed by atoms with Crippen LogP contribution in [0.5, 0.6) is 0 Å². The number of carbonyl (C=O) groups is 3. The van der Waals surface area contributed by atoms with Gasteiger partial charge in [0.25, 0.3) is 0 Å². The second kappa shape index (κ2) is 10.3. The number of halogens is 1. The highest BCUT2D eigenvalue weighted by atomic mass is 35.5. The lowest BCUT2D eigenvalue weighted by Gasteiger charge is -2.22. The van der Waals surface area contributed by atoms with Crippen molar-refractivity contribution in [3.8, 4) is 0 Å². The number of carbonyl (C=O) groups excluding carboxylic acids is 3. The molecule has 178 valence electrons. The van der Waals surface area contributed by atoms with Gasteiger partial charge in [-0.05, 0) is 38.1 Å². The third-order valence-corrected chi connectivity index (χ3v) is 6.73. The maximum absolute atomic E-state index is 12.7. The molecule has 10 heteroatoms. The van der Waals surface area contributed by atoms with Crippen LogP contribution in [0.15, 0.2) is 58.3 Å². The number of azo groups is 1. The number of thiazole rings is 1. The maximum atomic E-state index is 12.7. The van der Waals surface area contributed by atoms with Gasteiger partial charge >= 0.3 is 0 Å². The van der Waals surface area contributed by atoms with Gasteiger partial charge < -0.3 is 10.2 Å². The Kier molecular flexibility index (Phi) is 7.18. The van der Waals surface area contributed by atoms with Crippen LogP contribution in [0.2, 0.25) is 5.15 Å². The molecular weight excluding hydrogens is 486 g/mol. The van der Waals surface area contributed by atoms with Gasteiger partial charge in [-0.25, -0.2) is 4.98 Å². The number of Topliss-reactive ketones (excluding diaryl/α,β-unsaturated/α-hetero) is 2. The number of amides is 1. The molecule has 0 radical (unpaired) electrons. The molecule has 0 saturated heterocycles. The number of allylic oxidation sites excluding steroid dienone is 1. The van der Waals surface area contributed by atoms with Gasteiger partial charge in [0.05, 0.1) is 16.1 Å². The Balaban J connectivity index is 1.62. The van der Waals surface area contributed by atoms with Crippen molar-refractivity contribution in [2.75, 3.05) is 23.3 Å². The largest absolute Gasteiger partial charge is 0.372 e. The number of benzene rings is 2. The molecule has 0 fully saturated rings. The summed E-state index contributed by atoms with van der Waals surface area (Å²) in [5, 5.41) is 11.6. The van der Waals surface area contributed by atoms with Crippen molar-refractivity contribution in [3.63, 3.8) is 0 Å². The molecule has 8 nitrogen and oxygen atoms in total. The van der Waals surface area contributed by atoms with Crippen molar-refractivity contribution >= 4 is 68.7 Å². The molecule has 4 rings (SSSR count). The van der Waals surface area contributed by atoms with Crippen molar-refractivity contribution < 1.29 is 14.4 Å². The first kappa shape index (κ1) is 24.4. The number of aromatic nitrogens is 1. The molecule has 0 aliphatic heterocycles. The van der Waals surface area contributed by atoms with Crippen LogP contribution in [0.1, 0.15) is 46.4 Å². The number of rotatable bonds is 7. The van der Waals surface area contributed by atoms with Gasteiger partial charge in [-0.2, -0.15) is 0 Å². The summed E-state index contributed by atoms with van der Waals surface area (Å²) in [4.78, 5) is 43.8. The molecule has 1 N–H and O–H groups in total. The van der Waals surface area contributed by atoms with E-state index in [1.807, 2.05) is 12.1 Å². The second-order valence-corrected chi connectivity index (χ2v) is 9.04. The van der Waals surface area contributed by atoms with Crippen molar-refractivity contribution in [1.82, 2.24) is 4.98 Å². The second-order valence-electron chi connectivity index (χ2n) is 7.67. The lowest BCUT2D eigenvalue weighted by atomic mass is 10.1. The topological polar surface area (TPSA) is 104 Å². The average Bonchev–Trinajstić information content (AvgIpc) is 3.31. The molecule has 3 aromatic rings. The van der Waals surface area contributed by atoms with Gasteiger partial charge in [0, 0.05) is 36.8 Å². The number of hydrogen-bond donors (Lipinski definition) is 1. The first-order chi connectivity index (χ1) is 16.8. The van der Waals surface area contributed by atoms with Crippen LogP contribution in [0.25, 0.3) is 6.08 Å². The van der Waals surface area contributed by atoms with E-state index in [-0.39, 0.29) is 33.3 Å². The molecule has 1 heterocycles. The van der Waals surface area contributed by atoms with E-state index in [4.69, 9.17) is 11.6 Å². The third kappa shape index (κ3) is 5.06. The molecule has 1 aliphatic carbocycles. The van der Waals surface area contributed by atoms with E-state index in [1.54, 1.807) is 30.3 Å². The molecule has 0 bridgehead atoms. The maximum Gasteiger partial charge on any atom is 0.231 e. The predicted octanol–water partition coefficient (Wildman–Crippen LogP) is 6.48. The van der Waals surface area contributed by atoms with Gasteiger partial charge in [0.1, 0.15) is 10.8 Å². The summed E-state index contributed by atoms with van der Waals surface area (Å²) >= 11 is 7.37. The van der Waals surface area contributed by atoms with E-state index in [0.717, 1.165) is 30.1 Å². The first-order valence-corrected chi connectivity index (χ1v) is 12.2. The fourth-order valence-corrected chi connectivity index (χ4v) is 4.77. The standard InChI is InChI=1S/C25H22ClN5O3S/c1-4-31(5-2)15-10-11-19(20(12-15)27-14(3)32)29-30-25-28-24(26)21(35-25)13-18-22(33)16-8-6-7-9-17(16)23(18)34/h6-13H,4-5H2,1-3H3,(H,27,32). The van der Waals surface area contributed by atoms with Crippen LogP contribution >= 0.6 is 22.9 Å². The van der Waals surface area contributed by atoms with E-state index < -0.39 is 0 Å². The van der Waals surface area contributed by atoms with Crippen molar-refractivity contribution in [3.05, 3.63) is 69.2 Å². The Labute approximate surface area is 211 Å². The zero-order valence-electron chi connectivity index (χ0n) is 19.3. The molecule has 35 heavy (non-hydrogen) atoms. The zero-order valence-corrected chi connectivity index (χ0v) is 20.9. The first-order valence-electron chi connectivity index (χ1n) is 11.0. The summed E-state index contributed by atoms with van der Waals surface area (Å²) in [6.07, 6.45) is 1.45. The quantitative estimate of drug-likeness (QED) is 0.224. The van der Waals surface area contributed by atoms with Crippen LogP contribution in [0, 0.1) is 0 Å². The molecule has 1 aromatic heterocycles. The summed E-state index contributed by atoms with van der Waals surface area (Å²) in [7, 11) is 0. The van der Waals surface area contributed by atoms with E-state index in [9.17, 15) is 14.4 Å². The van der Waals surface area contributed by atoms with Gasteiger partial charge in [0.2, 0.25) is 11.0 Å². The van der Waals surface area contributed by atoms with Crippen molar-refractivity contribution in [2.24, 2.45) is 10.2 Å². The number of hydrogen-bond acceptors (Lipinski definition) is 8. The average molecular weight is 508 g/mol. The van der Waals surface area contributed by atoms with Crippen molar-refractivity contribution in [2.45, 2.75) is 20.8 Å². The normalized spacial score (nSPS) is 12.9. The molecule has 2 aromatic carbocycles. The highest BCUT2D eigenvalue weighted by Crippen LogP contribution is 2.36. The summed E-state index contributed by atoms with van der Waals surface area (Å²) in [5.74, 6) is -0.908. The summed E-state index contributed by atoms with van der Waals surface area (Å²) in [6.45, 7) is 7.18. The number of nitrogens with one attached hydrogen (secondary N) is 1.